The van der Waals surface area contributed by atoms with E-state index in [4.69, 9.17) is 0 Å². The molecule has 0 heterocycles. The summed E-state index contributed by atoms with van der Waals surface area (Å²) in [6, 6.07) is 18.5. The molecule has 1 aliphatic rings. The van der Waals surface area contributed by atoms with E-state index >= 15 is 0 Å². The normalized spacial score (nSPS) is 16.4. The van der Waals surface area contributed by atoms with Gasteiger partial charge in [0.05, 0.1) is 0 Å². The molecule has 0 radical (unpaired) electrons. The van der Waals surface area contributed by atoms with Gasteiger partial charge in [0.15, 0.2) is 0 Å². The first kappa shape index (κ1) is 20.1. The lowest BCUT2D eigenvalue weighted by atomic mass is 9.96. The van der Waals surface area contributed by atoms with Gasteiger partial charge in [-0.25, -0.2) is 0 Å². The minimum Gasteiger partial charge on any atom is -0.352 e. The van der Waals surface area contributed by atoms with Crippen LogP contribution in [0.3, 0.4) is 0 Å². The summed E-state index contributed by atoms with van der Waals surface area (Å²) < 4.78 is 0. The van der Waals surface area contributed by atoms with Crippen LogP contribution in [0.2, 0.25) is 0 Å². The van der Waals surface area contributed by atoms with Crippen molar-refractivity contribution in [2.75, 3.05) is 0 Å². The van der Waals surface area contributed by atoms with Crippen LogP contribution < -0.4 is 10.6 Å². The SMILES string of the molecule is O=C(NC(Cc1ccccc1)C(=O)NC1CCCCCCC1)c1ccccc1. The summed E-state index contributed by atoms with van der Waals surface area (Å²) in [5.41, 5.74) is 1.60. The third kappa shape index (κ3) is 6.22. The predicted molar refractivity (Wildman–Crippen MR) is 112 cm³/mol. The van der Waals surface area contributed by atoms with Gasteiger partial charge in [-0.15, -0.1) is 0 Å². The molecule has 2 aromatic rings. The summed E-state index contributed by atoms with van der Waals surface area (Å²) in [6.07, 6.45) is 8.62. The summed E-state index contributed by atoms with van der Waals surface area (Å²) in [5.74, 6) is -0.298. The van der Waals surface area contributed by atoms with Crippen LogP contribution in [0.5, 0.6) is 0 Å². The second-order valence-corrected chi connectivity index (χ2v) is 7.63. The van der Waals surface area contributed by atoms with Crippen LogP contribution >= 0.6 is 0 Å². The van der Waals surface area contributed by atoms with Gasteiger partial charge in [0, 0.05) is 18.0 Å². The van der Waals surface area contributed by atoms with Crippen LogP contribution in [0, 0.1) is 0 Å². The average Bonchev–Trinajstić information content (AvgIpc) is 2.70. The van der Waals surface area contributed by atoms with E-state index in [1.54, 1.807) is 12.1 Å². The predicted octanol–water partition coefficient (Wildman–Crippen LogP) is 4.26. The smallest absolute Gasteiger partial charge is 0.251 e. The first-order valence-corrected chi connectivity index (χ1v) is 10.4. The second kappa shape index (κ2) is 10.6. The van der Waals surface area contributed by atoms with Crippen LogP contribution in [0.15, 0.2) is 60.7 Å². The van der Waals surface area contributed by atoms with E-state index in [-0.39, 0.29) is 17.9 Å². The number of carbonyl (C=O) groups excluding carboxylic acids is 2. The molecule has 1 aliphatic carbocycles. The molecule has 2 N–H and O–H groups in total. The molecule has 2 amide bonds. The molecule has 3 rings (SSSR count). The molecule has 4 nitrogen and oxygen atoms in total. The van der Waals surface area contributed by atoms with Crippen molar-refractivity contribution in [1.82, 2.24) is 10.6 Å². The first-order chi connectivity index (χ1) is 13.7. The first-order valence-electron chi connectivity index (χ1n) is 10.4. The summed E-state index contributed by atoms with van der Waals surface area (Å²) >= 11 is 0. The maximum Gasteiger partial charge on any atom is 0.251 e. The number of benzene rings is 2. The van der Waals surface area contributed by atoms with Gasteiger partial charge >= 0.3 is 0 Å². The molecular formula is C24H30N2O2. The molecule has 28 heavy (non-hydrogen) atoms. The molecule has 1 atom stereocenters. The lowest BCUT2D eigenvalue weighted by Crippen LogP contribution is -2.50. The van der Waals surface area contributed by atoms with Crippen molar-refractivity contribution in [3.8, 4) is 0 Å². The molecular weight excluding hydrogens is 348 g/mol. The second-order valence-electron chi connectivity index (χ2n) is 7.63. The standard InChI is InChI=1S/C24H30N2O2/c27-23(20-14-8-5-9-15-20)26-22(18-19-12-6-4-7-13-19)24(28)25-21-16-10-2-1-3-11-17-21/h4-9,12-15,21-22H,1-3,10-11,16-18H2,(H,25,28)(H,26,27). The van der Waals surface area contributed by atoms with Gasteiger partial charge in [-0.3, -0.25) is 9.59 Å². The Hall–Kier alpha value is -2.62. The van der Waals surface area contributed by atoms with Gasteiger partial charge in [0.1, 0.15) is 6.04 Å². The summed E-state index contributed by atoms with van der Waals surface area (Å²) in [5, 5.41) is 6.16. The van der Waals surface area contributed by atoms with Crippen LogP contribution in [0.4, 0.5) is 0 Å². The van der Waals surface area contributed by atoms with Crippen molar-refractivity contribution in [2.24, 2.45) is 0 Å². The zero-order chi connectivity index (χ0) is 19.6. The fourth-order valence-corrected chi connectivity index (χ4v) is 3.79. The van der Waals surface area contributed by atoms with Gasteiger partial charge in [-0.2, -0.15) is 0 Å². The van der Waals surface area contributed by atoms with Gasteiger partial charge in [0.25, 0.3) is 5.91 Å². The Morgan fingerprint density at radius 1 is 0.821 bits per heavy atom. The molecule has 0 bridgehead atoms. The summed E-state index contributed by atoms with van der Waals surface area (Å²) in [7, 11) is 0. The number of hydrogen-bond donors (Lipinski definition) is 2. The Balaban J connectivity index is 1.69. The maximum atomic E-state index is 13.1. The zero-order valence-electron chi connectivity index (χ0n) is 16.4. The minimum absolute atomic E-state index is 0.0845. The average molecular weight is 379 g/mol. The van der Waals surface area contributed by atoms with E-state index in [9.17, 15) is 9.59 Å². The highest BCUT2D eigenvalue weighted by molar-refractivity contribution is 5.97. The molecule has 0 aliphatic heterocycles. The van der Waals surface area contributed by atoms with Crippen LogP contribution in [-0.4, -0.2) is 23.9 Å². The fraction of sp³-hybridized carbons (Fsp3) is 0.417. The third-order valence-electron chi connectivity index (χ3n) is 5.39. The minimum atomic E-state index is -0.583. The Morgan fingerprint density at radius 2 is 1.39 bits per heavy atom. The number of hydrogen-bond acceptors (Lipinski definition) is 2. The topological polar surface area (TPSA) is 58.2 Å². The molecule has 0 aromatic heterocycles. The molecule has 148 valence electrons. The molecule has 0 saturated heterocycles. The van der Waals surface area contributed by atoms with E-state index in [1.165, 1.54) is 19.3 Å². The molecule has 0 spiro atoms. The highest BCUT2D eigenvalue weighted by atomic mass is 16.2. The van der Waals surface area contributed by atoms with Gasteiger partial charge < -0.3 is 10.6 Å². The number of nitrogens with one attached hydrogen (secondary N) is 2. The van der Waals surface area contributed by atoms with Crippen LogP contribution in [0.25, 0.3) is 0 Å². The van der Waals surface area contributed by atoms with Gasteiger partial charge in [0.2, 0.25) is 5.91 Å². The molecule has 4 heteroatoms. The van der Waals surface area contributed by atoms with E-state index in [0.29, 0.717) is 12.0 Å². The fourth-order valence-electron chi connectivity index (χ4n) is 3.79. The molecule has 2 aromatic carbocycles. The highest BCUT2D eigenvalue weighted by Crippen LogP contribution is 2.17. The Morgan fingerprint density at radius 3 is 2.04 bits per heavy atom. The lowest BCUT2D eigenvalue weighted by molar-refractivity contribution is -0.123. The zero-order valence-corrected chi connectivity index (χ0v) is 16.4. The Labute approximate surface area is 167 Å². The van der Waals surface area contributed by atoms with Crippen molar-refractivity contribution < 1.29 is 9.59 Å². The molecule has 1 fully saturated rings. The summed E-state index contributed by atoms with van der Waals surface area (Å²) in [6.45, 7) is 0. The van der Waals surface area contributed by atoms with Crippen molar-refractivity contribution in [3.05, 3.63) is 71.8 Å². The van der Waals surface area contributed by atoms with Crippen molar-refractivity contribution >= 4 is 11.8 Å². The number of carbonyl (C=O) groups is 2. The lowest BCUT2D eigenvalue weighted by Gasteiger charge is -2.25. The number of amides is 2. The van der Waals surface area contributed by atoms with Gasteiger partial charge in [-0.05, 0) is 30.5 Å². The monoisotopic (exact) mass is 378 g/mol. The van der Waals surface area contributed by atoms with Crippen molar-refractivity contribution in [1.29, 1.82) is 0 Å². The maximum absolute atomic E-state index is 13.1. The van der Waals surface area contributed by atoms with E-state index in [1.807, 2.05) is 48.5 Å². The Bertz CT molecular complexity index is 738. The van der Waals surface area contributed by atoms with E-state index < -0.39 is 6.04 Å². The van der Waals surface area contributed by atoms with Crippen molar-refractivity contribution in [2.45, 2.75) is 63.5 Å². The Kier molecular flexibility index (Phi) is 7.65. The molecule has 1 unspecified atom stereocenters. The highest BCUT2D eigenvalue weighted by Gasteiger charge is 2.24. The van der Waals surface area contributed by atoms with Crippen molar-refractivity contribution in [3.63, 3.8) is 0 Å². The quantitative estimate of drug-likeness (QED) is 0.789. The largest absolute Gasteiger partial charge is 0.352 e. The molecule has 1 saturated carbocycles. The van der Waals surface area contributed by atoms with Gasteiger partial charge in [-0.1, -0.05) is 80.6 Å². The number of rotatable bonds is 6. The summed E-state index contributed by atoms with van der Waals surface area (Å²) in [4.78, 5) is 25.7. The van der Waals surface area contributed by atoms with E-state index in [0.717, 1.165) is 31.2 Å². The van der Waals surface area contributed by atoms with Crippen LogP contribution in [-0.2, 0) is 11.2 Å². The van der Waals surface area contributed by atoms with E-state index in [2.05, 4.69) is 10.6 Å². The van der Waals surface area contributed by atoms with Crippen LogP contribution in [0.1, 0.15) is 60.9 Å². The third-order valence-corrected chi connectivity index (χ3v) is 5.39.